The largest absolute Gasteiger partial charge is 0.504 e. The Morgan fingerprint density at radius 2 is 1.69 bits per heavy atom. The zero-order valence-corrected chi connectivity index (χ0v) is 8.43. The van der Waals surface area contributed by atoms with Gasteiger partial charge in [-0.15, -0.1) is 0 Å². The van der Waals surface area contributed by atoms with Crippen LogP contribution in [0.2, 0.25) is 0 Å². The molecule has 0 saturated carbocycles. The summed E-state index contributed by atoms with van der Waals surface area (Å²) in [6, 6.07) is 1.86. The first kappa shape index (κ1) is 11.8. The van der Waals surface area contributed by atoms with Gasteiger partial charge in [0.25, 0.3) is 0 Å². The molecule has 0 amide bonds. The van der Waals surface area contributed by atoms with Gasteiger partial charge >= 0.3 is 5.97 Å². The van der Waals surface area contributed by atoms with Gasteiger partial charge in [-0.2, -0.15) is 0 Å². The summed E-state index contributed by atoms with van der Waals surface area (Å²) in [5.41, 5.74) is -0.158. The van der Waals surface area contributed by atoms with Crippen LogP contribution in [-0.2, 0) is 9.53 Å². The predicted molar refractivity (Wildman–Crippen MR) is 52.4 cm³/mol. The lowest BCUT2D eigenvalue weighted by Crippen LogP contribution is -2.11. The van der Waals surface area contributed by atoms with Gasteiger partial charge in [0, 0.05) is 0 Å². The summed E-state index contributed by atoms with van der Waals surface area (Å²) in [7, 11) is 0. The molecule has 0 aliphatic rings. The van der Waals surface area contributed by atoms with E-state index in [4.69, 9.17) is 15.3 Å². The summed E-state index contributed by atoms with van der Waals surface area (Å²) in [5, 5.41) is 27.3. The average molecular weight is 226 g/mol. The van der Waals surface area contributed by atoms with E-state index in [-0.39, 0.29) is 18.0 Å². The minimum Gasteiger partial charge on any atom is -0.504 e. The number of hydrogen-bond donors (Lipinski definition) is 3. The molecule has 0 saturated heterocycles. The van der Waals surface area contributed by atoms with E-state index in [1.807, 2.05) is 0 Å². The van der Waals surface area contributed by atoms with Crippen molar-refractivity contribution < 1.29 is 29.6 Å². The normalized spacial score (nSPS) is 9.81. The number of phenolic OH excluding ortho intramolecular Hbond substituents is 3. The lowest BCUT2D eigenvalue weighted by molar-refractivity contribution is -0.120. The number of ether oxygens (including phenoxy) is 1. The maximum absolute atomic E-state index is 11.3. The van der Waals surface area contributed by atoms with Crippen molar-refractivity contribution in [3.8, 4) is 17.2 Å². The molecule has 0 aromatic heterocycles. The van der Waals surface area contributed by atoms with Crippen LogP contribution in [0.15, 0.2) is 12.1 Å². The molecule has 6 nitrogen and oxygen atoms in total. The van der Waals surface area contributed by atoms with Crippen LogP contribution in [0, 0.1) is 0 Å². The fraction of sp³-hybridized carbons (Fsp3) is 0.200. The van der Waals surface area contributed by atoms with Crippen LogP contribution in [0.5, 0.6) is 17.2 Å². The van der Waals surface area contributed by atoms with Gasteiger partial charge in [-0.25, -0.2) is 4.79 Å². The van der Waals surface area contributed by atoms with E-state index in [1.54, 1.807) is 0 Å². The SMILES string of the molecule is CC(=O)COC(=O)c1cc(O)c(O)c(O)c1. The van der Waals surface area contributed by atoms with Gasteiger partial charge in [0.05, 0.1) is 5.56 Å². The zero-order valence-electron chi connectivity index (χ0n) is 8.43. The summed E-state index contributed by atoms with van der Waals surface area (Å²) in [6.07, 6.45) is 0. The Balaban J connectivity index is 2.88. The number of rotatable bonds is 3. The maximum atomic E-state index is 11.3. The Morgan fingerprint density at radius 3 is 2.12 bits per heavy atom. The van der Waals surface area contributed by atoms with Crippen molar-refractivity contribution in [2.45, 2.75) is 6.92 Å². The monoisotopic (exact) mass is 226 g/mol. The highest BCUT2D eigenvalue weighted by atomic mass is 16.5. The second kappa shape index (κ2) is 4.52. The molecule has 86 valence electrons. The summed E-state index contributed by atoms with van der Waals surface area (Å²) in [6.45, 7) is 0.861. The number of aromatic hydroxyl groups is 3. The topological polar surface area (TPSA) is 104 Å². The Bertz CT molecular complexity index is 414. The summed E-state index contributed by atoms with van der Waals surface area (Å²) in [4.78, 5) is 21.8. The Labute approximate surface area is 90.7 Å². The molecular weight excluding hydrogens is 216 g/mol. The molecule has 1 aromatic rings. The highest BCUT2D eigenvalue weighted by Crippen LogP contribution is 2.35. The van der Waals surface area contributed by atoms with Crippen molar-refractivity contribution in [3.05, 3.63) is 17.7 Å². The van der Waals surface area contributed by atoms with Gasteiger partial charge in [-0.1, -0.05) is 0 Å². The van der Waals surface area contributed by atoms with Crippen molar-refractivity contribution in [1.29, 1.82) is 0 Å². The van der Waals surface area contributed by atoms with Crippen molar-refractivity contribution in [3.63, 3.8) is 0 Å². The van der Waals surface area contributed by atoms with Crippen molar-refractivity contribution in [2.24, 2.45) is 0 Å². The average Bonchev–Trinajstić information content (AvgIpc) is 2.21. The van der Waals surface area contributed by atoms with E-state index < -0.39 is 23.2 Å². The molecule has 0 radical (unpaired) electrons. The zero-order chi connectivity index (χ0) is 12.3. The maximum Gasteiger partial charge on any atom is 0.338 e. The number of Topliss-reactive ketones (excluding diaryl/α,β-unsaturated/α-hetero) is 1. The highest BCUT2D eigenvalue weighted by Gasteiger charge is 2.14. The molecule has 0 bridgehead atoms. The van der Waals surface area contributed by atoms with E-state index in [9.17, 15) is 9.59 Å². The number of phenols is 3. The Morgan fingerprint density at radius 1 is 1.19 bits per heavy atom. The second-order valence-corrected chi connectivity index (χ2v) is 3.14. The van der Waals surface area contributed by atoms with E-state index in [1.165, 1.54) is 6.92 Å². The molecule has 6 heteroatoms. The first-order chi connectivity index (χ1) is 7.41. The molecular formula is C10H10O6. The summed E-state index contributed by atoms with van der Waals surface area (Å²) in [5.74, 6) is -3.21. The highest BCUT2D eigenvalue weighted by molar-refractivity contribution is 5.92. The minimum absolute atomic E-state index is 0.158. The first-order valence-electron chi connectivity index (χ1n) is 4.33. The van der Waals surface area contributed by atoms with Crippen LogP contribution >= 0.6 is 0 Å². The predicted octanol–water partition coefficient (Wildman–Crippen LogP) is 0.549. The molecule has 0 atom stereocenters. The Kier molecular flexibility index (Phi) is 3.34. The molecule has 0 spiro atoms. The first-order valence-corrected chi connectivity index (χ1v) is 4.33. The fourth-order valence-electron chi connectivity index (χ4n) is 0.973. The van der Waals surface area contributed by atoms with E-state index in [0.717, 1.165) is 12.1 Å². The van der Waals surface area contributed by atoms with Crippen LogP contribution in [0.4, 0.5) is 0 Å². The van der Waals surface area contributed by atoms with Gasteiger partial charge in [-0.05, 0) is 19.1 Å². The van der Waals surface area contributed by atoms with Crippen LogP contribution in [0.3, 0.4) is 0 Å². The van der Waals surface area contributed by atoms with Gasteiger partial charge in [0.15, 0.2) is 23.0 Å². The van der Waals surface area contributed by atoms with Crippen LogP contribution in [0.25, 0.3) is 0 Å². The lowest BCUT2D eigenvalue weighted by Gasteiger charge is -2.05. The number of ketones is 1. The number of carbonyl (C=O) groups is 2. The number of esters is 1. The third-order valence-corrected chi connectivity index (χ3v) is 1.71. The molecule has 0 aliphatic carbocycles. The molecule has 1 aromatic carbocycles. The lowest BCUT2D eigenvalue weighted by atomic mass is 10.2. The third kappa shape index (κ3) is 2.63. The van der Waals surface area contributed by atoms with E-state index >= 15 is 0 Å². The second-order valence-electron chi connectivity index (χ2n) is 3.14. The molecule has 1 rings (SSSR count). The van der Waals surface area contributed by atoms with Crippen LogP contribution < -0.4 is 0 Å². The van der Waals surface area contributed by atoms with Gasteiger partial charge in [0.2, 0.25) is 0 Å². The number of carbonyl (C=O) groups excluding carboxylic acids is 2. The van der Waals surface area contributed by atoms with Gasteiger partial charge in [0.1, 0.15) is 6.61 Å². The van der Waals surface area contributed by atoms with Crippen molar-refractivity contribution in [1.82, 2.24) is 0 Å². The van der Waals surface area contributed by atoms with Gasteiger partial charge < -0.3 is 20.1 Å². The van der Waals surface area contributed by atoms with Crippen molar-refractivity contribution >= 4 is 11.8 Å². The molecule has 0 aliphatic heterocycles. The molecule has 0 fully saturated rings. The number of hydrogen-bond acceptors (Lipinski definition) is 6. The smallest absolute Gasteiger partial charge is 0.338 e. The number of benzene rings is 1. The molecule has 0 unspecified atom stereocenters. The summed E-state index contributed by atoms with van der Waals surface area (Å²) >= 11 is 0. The molecule has 0 heterocycles. The fourth-order valence-corrected chi connectivity index (χ4v) is 0.973. The van der Waals surface area contributed by atoms with E-state index in [0.29, 0.717) is 0 Å². The molecule has 3 N–H and O–H groups in total. The Hall–Kier alpha value is -2.24. The van der Waals surface area contributed by atoms with Crippen molar-refractivity contribution in [2.75, 3.05) is 6.61 Å². The van der Waals surface area contributed by atoms with Gasteiger partial charge in [-0.3, -0.25) is 4.79 Å². The summed E-state index contributed by atoms with van der Waals surface area (Å²) < 4.78 is 4.55. The molecule has 16 heavy (non-hydrogen) atoms. The standard InChI is InChI=1S/C10H10O6/c1-5(11)4-16-10(15)6-2-7(12)9(14)8(13)3-6/h2-3,12-14H,4H2,1H3. The third-order valence-electron chi connectivity index (χ3n) is 1.71. The van der Waals surface area contributed by atoms with E-state index in [2.05, 4.69) is 4.74 Å². The van der Waals surface area contributed by atoms with Crippen LogP contribution in [-0.4, -0.2) is 33.7 Å². The quantitative estimate of drug-likeness (QED) is 0.513. The van der Waals surface area contributed by atoms with Crippen LogP contribution in [0.1, 0.15) is 17.3 Å². The minimum atomic E-state index is -0.874.